The van der Waals surface area contributed by atoms with Gasteiger partial charge in [-0.25, -0.2) is 4.39 Å². The molecule has 4 aliphatic rings. The fraction of sp³-hybridized carbons (Fsp3) is 0.526. The summed E-state index contributed by atoms with van der Waals surface area (Å²) in [7, 11) is 0. The monoisotopic (exact) mass is 372 g/mol. The molecule has 0 aliphatic carbocycles. The average Bonchev–Trinajstić information content (AvgIpc) is 3.09. The highest BCUT2D eigenvalue weighted by Crippen LogP contribution is 2.40. The quantitative estimate of drug-likeness (QED) is 0.740. The van der Waals surface area contributed by atoms with Crippen molar-refractivity contribution >= 4 is 23.4 Å². The molecule has 0 radical (unpaired) electrons. The van der Waals surface area contributed by atoms with Crippen LogP contribution in [0.15, 0.2) is 12.1 Å². The summed E-state index contributed by atoms with van der Waals surface area (Å²) < 4.78 is 14.6. The van der Waals surface area contributed by atoms with Crippen LogP contribution in [0.4, 0.5) is 10.1 Å². The first-order chi connectivity index (χ1) is 13.0. The average molecular weight is 372 g/mol. The molecular formula is C19H21FN4O3. The van der Waals surface area contributed by atoms with Crippen LogP contribution in [0.3, 0.4) is 0 Å². The van der Waals surface area contributed by atoms with Crippen LogP contribution in [0.25, 0.3) is 0 Å². The molecule has 1 aromatic rings. The van der Waals surface area contributed by atoms with Gasteiger partial charge in [-0.1, -0.05) is 0 Å². The first-order valence-corrected chi connectivity index (χ1v) is 9.49. The molecule has 3 fully saturated rings. The van der Waals surface area contributed by atoms with Crippen molar-refractivity contribution in [3.8, 4) is 0 Å². The number of anilines is 1. The van der Waals surface area contributed by atoms with Crippen molar-refractivity contribution in [1.29, 1.82) is 0 Å². The first kappa shape index (κ1) is 16.7. The molecule has 4 heterocycles. The molecule has 0 spiro atoms. The van der Waals surface area contributed by atoms with Crippen molar-refractivity contribution < 1.29 is 18.8 Å². The molecule has 3 amide bonds. The van der Waals surface area contributed by atoms with E-state index in [1.807, 2.05) is 0 Å². The highest BCUT2D eigenvalue weighted by molar-refractivity contribution is 6.06. The molecule has 3 unspecified atom stereocenters. The number of benzene rings is 1. The second kappa shape index (κ2) is 6.02. The molecule has 0 saturated carbocycles. The minimum absolute atomic E-state index is 0.0788. The van der Waals surface area contributed by atoms with Gasteiger partial charge in [0.1, 0.15) is 11.9 Å². The van der Waals surface area contributed by atoms with Gasteiger partial charge in [0, 0.05) is 49.4 Å². The third kappa shape index (κ3) is 2.46. The maximum Gasteiger partial charge on any atom is 0.258 e. The van der Waals surface area contributed by atoms with Crippen LogP contribution in [0.1, 0.15) is 41.6 Å². The predicted molar refractivity (Wildman–Crippen MR) is 94.6 cm³/mol. The van der Waals surface area contributed by atoms with Gasteiger partial charge in [-0.05, 0) is 31.4 Å². The molecule has 2 bridgehead atoms. The van der Waals surface area contributed by atoms with E-state index in [4.69, 9.17) is 0 Å². The molecule has 5 rings (SSSR count). The zero-order valence-electron chi connectivity index (χ0n) is 14.8. The SMILES string of the molecule is O=C1CCC(N2Cc3c(N4C5CCC4CNC5)ccc(F)c3C2=O)C(=O)N1. The molecule has 4 aliphatic heterocycles. The van der Waals surface area contributed by atoms with E-state index in [9.17, 15) is 18.8 Å². The highest BCUT2D eigenvalue weighted by atomic mass is 19.1. The Hall–Kier alpha value is -2.48. The molecular weight excluding hydrogens is 351 g/mol. The number of amides is 3. The van der Waals surface area contributed by atoms with Gasteiger partial charge in [-0.15, -0.1) is 0 Å². The topological polar surface area (TPSA) is 81.8 Å². The summed E-state index contributed by atoms with van der Waals surface area (Å²) in [5.74, 6) is -1.81. The summed E-state index contributed by atoms with van der Waals surface area (Å²) in [5, 5.41) is 5.71. The summed E-state index contributed by atoms with van der Waals surface area (Å²) in [6.07, 6.45) is 2.62. The maximum absolute atomic E-state index is 14.6. The van der Waals surface area contributed by atoms with Gasteiger partial charge in [0.25, 0.3) is 5.91 Å². The number of piperazine rings is 1. The molecule has 1 aromatic carbocycles. The lowest BCUT2D eigenvalue weighted by Crippen LogP contribution is -2.53. The van der Waals surface area contributed by atoms with E-state index in [1.54, 1.807) is 6.07 Å². The fourth-order valence-corrected chi connectivity index (χ4v) is 5.03. The van der Waals surface area contributed by atoms with Gasteiger partial charge in [-0.3, -0.25) is 19.7 Å². The van der Waals surface area contributed by atoms with Crippen LogP contribution in [0, 0.1) is 5.82 Å². The van der Waals surface area contributed by atoms with E-state index in [-0.39, 0.29) is 30.9 Å². The van der Waals surface area contributed by atoms with Crippen molar-refractivity contribution in [3.05, 3.63) is 29.1 Å². The Balaban J connectivity index is 1.51. The lowest BCUT2D eigenvalue weighted by Gasteiger charge is -2.38. The van der Waals surface area contributed by atoms with Gasteiger partial charge in [0.2, 0.25) is 11.8 Å². The van der Waals surface area contributed by atoms with Crippen molar-refractivity contribution in [3.63, 3.8) is 0 Å². The number of nitrogens with one attached hydrogen (secondary N) is 2. The van der Waals surface area contributed by atoms with Crippen LogP contribution in [0.2, 0.25) is 0 Å². The van der Waals surface area contributed by atoms with Crippen LogP contribution >= 0.6 is 0 Å². The van der Waals surface area contributed by atoms with E-state index in [0.717, 1.165) is 31.6 Å². The largest absolute Gasteiger partial charge is 0.363 e. The standard InChI is InChI=1S/C19H21FN4O3/c20-13-3-4-14(24-10-1-2-11(24)8-21-7-10)12-9-23(19(27)17(12)13)15-5-6-16(25)22-18(15)26/h3-4,10-11,15,21H,1-2,5-9H2,(H,22,25,26). The summed E-state index contributed by atoms with van der Waals surface area (Å²) in [5.41, 5.74) is 1.65. The molecule has 2 N–H and O–H groups in total. The number of nitrogens with zero attached hydrogens (tertiary/aromatic N) is 2. The summed E-state index contributed by atoms with van der Waals surface area (Å²) in [4.78, 5) is 40.4. The van der Waals surface area contributed by atoms with E-state index < -0.39 is 23.7 Å². The Morgan fingerprint density at radius 2 is 1.78 bits per heavy atom. The molecule has 7 nitrogen and oxygen atoms in total. The molecule has 8 heteroatoms. The summed E-state index contributed by atoms with van der Waals surface area (Å²) in [6, 6.07) is 3.10. The Labute approximate surface area is 155 Å². The third-order valence-electron chi connectivity index (χ3n) is 6.28. The number of halogens is 1. The van der Waals surface area contributed by atoms with Gasteiger partial charge in [0.05, 0.1) is 5.56 Å². The van der Waals surface area contributed by atoms with Crippen molar-refractivity contribution in [2.24, 2.45) is 0 Å². The molecule has 142 valence electrons. The number of rotatable bonds is 2. The van der Waals surface area contributed by atoms with Crippen LogP contribution in [-0.2, 0) is 16.1 Å². The lowest BCUT2D eigenvalue weighted by atomic mass is 10.0. The Kier molecular flexibility index (Phi) is 3.72. The highest BCUT2D eigenvalue weighted by Gasteiger charge is 2.44. The Morgan fingerprint density at radius 1 is 1.04 bits per heavy atom. The number of hydrogen-bond acceptors (Lipinski definition) is 5. The van der Waals surface area contributed by atoms with Gasteiger partial charge >= 0.3 is 0 Å². The molecule has 3 saturated heterocycles. The van der Waals surface area contributed by atoms with Crippen molar-refractivity contribution in [1.82, 2.24) is 15.5 Å². The Morgan fingerprint density at radius 3 is 2.48 bits per heavy atom. The number of fused-ring (bicyclic) bond motifs is 3. The second-order valence-electron chi connectivity index (χ2n) is 7.77. The number of imide groups is 1. The molecule has 3 atom stereocenters. The predicted octanol–water partition coefficient (Wildman–Crippen LogP) is 0.527. The zero-order chi connectivity index (χ0) is 18.7. The third-order valence-corrected chi connectivity index (χ3v) is 6.28. The van der Waals surface area contributed by atoms with Gasteiger partial charge in [0.15, 0.2) is 0 Å². The minimum Gasteiger partial charge on any atom is -0.363 e. The number of hydrogen-bond donors (Lipinski definition) is 2. The summed E-state index contributed by atoms with van der Waals surface area (Å²) in [6.45, 7) is 1.97. The fourth-order valence-electron chi connectivity index (χ4n) is 5.03. The zero-order valence-corrected chi connectivity index (χ0v) is 14.8. The first-order valence-electron chi connectivity index (χ1n) is 9.49. The van der Waals surface area contributed by atoms with Gasteiger partial charge < -0.3 is 15.1 Å². The van der Waals surface area contributed by atoms with E-state index >= 15 is 0 Å². The van der Waals surface area contributed by atoms with Crippen LogP contribution in [-0.4, -0.2) is 53.8 Å². The van der Waals surface area contributed by atoms with Crippen LogP contribution in [0.5, 0.6) is 0 Å². The lowest BCUT2D eigenvalue weighted by molar-refractivity contribution is -0.136. The number of piperidine rings is 1. The van der Waals surface area contributed by atoms with E-state index in [1.165, 1.54) is 11.0 Å². The number of carbonyl (C=O) groups is 3. The van der Waals surface area contributed by atoms with E-state index in [0.29, 0.717) is 17.6 Å². The van der Waals surface area contributed by atoms with E-state index in [2.05, 4.69) is 15.5 Å². The van der Waals surface area contributed by atoms with Crippen molar-refractivity contribution in [2.45, 2.75) is 50.4 Å². The van der Waals surface area contributed by atoms with Crippen molar-refractivity contribution in [2.75, 3.05) is 18.0 Å². The van der Waals surface area contributed by atoms with Crippen LogP contribution < -0.4 is 15.5 Å². The maximum atomic E-state index is 14.6. The second-order valence-corrected chi connectivity index (χ2v) is 7.77. The minimum atomic E-state index is -0.727. The molecule has 27 heavy (non-hydrogen) atoms. The molecule has 0 aromatic heterocycles. The number of carbonyl (C=O) groups excluding carboxylic acids is 3. The Bertz CT molecular complexity index is 842. The smallest absolute Gasteiger partial charge is 0.258 e. The normalized spacial score (nSPS) is 30.0. The van der Waals surface area contributed by atoms with Gasteiger partial charge in [-0.2, -0.15) is 0 Å². The summed E-state index contributed by atoms with van der Waals surface area (Å²) >= 11 is 0.